The Morgan fingerprint density at radius 3 is 2.83 bits per heavy atom. The predicted molar refractivity (Wildman–Crippen MR) is 110 cm³/mol. The van der Waals surface area contributed by atoms with Crippen molar-refractivity contribution in [2.75, 3.05) is 17.7 Å². The van der Waals surface area contributed by atoms with Crippen LogP contribution in [0.15, 0.2) is 61.2 Å². The third-order valence-corrected chi connectivity index (χ3v) is 3.90. The second-order valence-corrected chi connectivity index (χ2v) is 6.08. The highest BCUT2D eigenvalue weighted by molar-refractivity contribution is 5.99. The molecule has 3 rings (SSSR count). The molecule has 0 aliphatic heterocycles. The minimum atomic E-state index is -0.191. The van der Waals surface area contributed by atoms with Crippen molar-refractivity contribution in [2.24, 2.45) is 0 Å². The Morgan fingerprint density at radius 2 is 2.03 bits per heavy atom. The van der Waals surface area contributed by atoms with Gasteiger partial charge in [0.2, 0.25) is 11.8 Å². The van der Waals surface area contributed by atoms with Crippen molar-refractivity contribution in [1.29, 1.82) is 0 Å². The zero-order chi connectivity index (χ0) is 20.6. The molecule has 2 amide bonds. The lowest BCUT2D eigenvalue weighted by molar-refractivity contribution is -0.121. The minimum Gasteiger partial charge on any atom is -0.358 e. The van der Waals surface area contributed by atoms with Crippen molar-refractivity contribution in [2.45, 2.75) is 13.5 Å². The van der Waals surface area contributed by atoms with Gasteiger partial charge in [-0.25, -0.2) is 9.97 Å². The van der Waals surface area contributed by atoms with Gasteiger partial charge in [0.05, 0.1) is 17.6 Å². The number of nitrogens with zero attached hydrogens (tertiary/aromatic N) is 4. The highest BCUT2D eigenvalue weighted by Crippen LogP contribution is 2.23. The molecule has 0 atom stereocenters. The molecule has 2 heterocycles. The van der Waals surface area contributed by atoms with Crippen molar-refractivity contribution in [3.8, 4) is 11.3 Å². The maximum absolute atomic E-state index is 11.7. The summed E-state index contributed by atoms with van der Waals surface area (Å²) in [5, 5.41) is 12.6. The summed E-state index contributed by atoms with van der Waals surface area (Å²) in [6.45, 7) is 1.92. The second kappa shape index (κ2) is 9.27. The second-order valence-electron chi connectivity index (χ2n) is 6.08. The van der Waals surface area contributed by atoms with Gasteiger partial charge < -0.3 is 16.0 Å². The number of benzene rings is 1. The molecule has 148 valence electrons. The van der Waals surface area contributed by atoms with Gasteiger partial charge in [0.25, 0.3) is 0 Å². The van der Waals surface area contributed by atoms with Crippen LogP contribution in [-0.2, 0) is 16.1 Å². The van der Waals surface area contributed by atoms with Gasteiger partial charge >= 0.3 is 0 Å². The fourth-order valence-corrected chi connectivity index (χ4v) is 2.56. The van der Waals surface area contributed by atoms with Crippen LogP contribution in [0.2, 0.25) is 0 Å². The largest absolute Gasteiger partial charge is 0.358 e. The van der Waals surface area contributed by atoms with E-state index in [0.717, 1.165) is 5.56 Å². The van der Waals surface area contributed by atoms with Crippen LogP contribution in [0.25, 0.3) is 11.3 Å². The number of rotatable bonds is 7. The number of likely N-dealkylation sites (N-methyl/N-ethyl adjacent to an activating group) is 1. The highest BCUT2D eigenvalue weighted by Gasteiger charge is 2.07. The number of carbonyl (C=O) groups excluding carboxylic acids is 2. The molecule has 0 fully saturated rings. The van der Waals surface area contributed by atoms with E-state index in [1.165, 1.54) is 17.1 Å². The molecule has 0 bridgehead atoms. The Morgan fingerprint density at radius 1 is 1.17 bits per heavy atom. The lowest BCUT2D eigenvalue weighted by Crippen LogP contribution is -2.23. The molecular formula is C20H21N7O2. The van der Waals surface area contributed by atoms with Crippen LogP contribution >= 0.6 is 0 Å². The summed E-state index contributed by atoms with van der Waals surface area (Å²) in [6.07, 6.45) is 7.93. The fraction of sp³-hybridized carbons (Fsp3) is 0.150. The van der Waals surface area contributed by atoms with E-state index in [2.05, 4.69) is 31.0 Å². The van der Waals surface area contributed by atoms with E-state index in [1.54, 1.807) is 38.5 Å². The normalized spacial score (nSPS) is 10.7. The molecule has 0 spiro atoms. The van der Waals surface area contributed by atoms with Crippen LogP contribution < -0.4 is 16.0 Å². The van der Waals surface area contributed by atoms with Gasteiger partial charge in [-0.2, -0.15) is 5.10 Å². The monoisotopic (exact) mass is 391 g/mol. The first-order valence-corrected chi connectivity index (χ1v) is 8.93. The fourth-order valence-electron chi connectivity index (χ4n) is 2.56. The summed E-state index contributed by atoms with van der Waals surface area (Å²) in [6, 6.07) is 9.20. The Hall–Kier alpha value is -4.01. The molecule has 0 aliphatic carbocycles. The zero-order valence-electron chi connectivity index (χ0n) is 16.1. The van der Waals surface area contributed by atoms with Gasteiger partial charge in [0.1, 0.15) is 18.7 Å². The van der Waals surface area contributed by atoms with Crippen molar-refractivity contribution in [3.05, 3.63) is 61.2 Å². The van der Waals surface area contributed by atoms with Crippen LogP contribution in [0, 0.1) is 0 Å². The van der Waals surface area contributed by atoms with E-state index in [1.807, 2.05) is 24.3 Å². The molecule has 1 aromatic carbocycles. The van der Waals surface area contributed by atoms with Crippen molar-refractivity contribution in [1.82, 2.24) is 25.1 Å². The van der Waals surface area contributed by atoms with Gasteiger partial charge in [-0.1, -0.05) is 18.2 Å². The summed E-state index contributed by atoms with van der Waals surface area (Å²) in [4.78, 5) is 31.7. The molecule has 2 aromatic heterocycles. The molecule has 0 saturated heterocycles. The summed E-state index contributed by atoms with van der Waals surface area (Å²) in [7, 11) is 1.58. The number of anilines is 3. The molecule has 3 N–H and O–H groups in total. The quantitative estimate of drug-likeness (QED) is 0.533. The van der Waals surface area contributed by atoms with Gasteiger partial charge in [-0.05, 0) is 25.1 Å². The molecule has 29 heavy (non-hydrogen) atoms. The Bertz CT molecular complexity index is 1040. The molecule has 9 nitrogen and oxygen atoms in total. The van der Waals surface area contributed by atoms with Gasteiger partial charge in [-0.3, -0.25) is 14.3 Å². The third-order valence-electron chi connectivity index (χ3n) is 3.90. The van der Waals surface area contributed by atoms with Crippen molar-refractivity contribution in [3.63, 3.8) is 0 Å². The number of nitrogens with one attached hydrogen (secondary N) is 3. The summed E-state index contributed by atoms with van der Waals surface area (Å²) in [5.74, 6) is 0.256. The van der Waals surface area contributed by atoms with Crippen LogP contribution in [0.1, 0.15) is 6.92 Å². The van der Waals surface area contributed by atoms with E-state index < -0.39 is 0 Å². The zero-order valence-corrected chi connectivity index (χ0v) is 16.1. The third kappa shape index (κ3) is 5.48. The topological polar surface area (TPSA) is 114 Å². The van der Waals surface area contributed by atoms with Crippen LogP contribution in [0.4, 0.5) is 17.2 Å². The molecule has 0 radical (unpaired) electrons. The number of hydrogen-bond donors (Lipinski definition) is 3. The molecule has 0 aliphatic rings. The summed E-state index contributed by atoms with van der Waals surface area (Å²) < 4.78 is 1.53. The maximum atomic E-state index is 11.7. The SMILES string of the molecule is C/C=C/C(=O)Nc1cccc(-c2cc(Nc3cnn(CC(=O)NC)c3)ncn2)c1. The Kier molecular flexibility index (Phi) is 6.31. The Labute approximate surface area is 167 Å². The van der Waals surface area contributed by atoms with Crippen LogP contribution in [-0.4, -0.2) is 38.6 Å². The van der Waals surface area contributed by atoms with Gasteiger partial charge in [0.15, 0.2) is 0 Å². The molecule has 3 aromatic rings. The van der Waals surface area contributed by atoms with Crippen molar-refractivity contribution >= 4 is 29.0 Å². The molecular weight excluding hydrogens is 370 g/mol. The number of carbonyl (C=O) groups is 2. The summed E-state index contributed by atoms with van der Waals surface area (Å²) in [5.41, 5.74) is 2.91. The predicted octanol–water partition coefficient (Wildman–Crippen LogP) is 2.34. The average molecular weight is 391 g/mol. The van der Waals surface area contributed by atoms with E-state index in [-0.39, 0.29) is 18.4 Å². The highest BCUT2D eigenvalue weighted by atomic mass is 16.2. The maximum Gasteiger partial charge on any atom is 0.248 e. The molecule has 0 unspecified atom stereocenters. The Balaban J connectivity index is 1.74. The smallest absolute Gasteiger partial charge is 0.248 e. The summed E-state index contributed by atoms with van der Waals surface area (Å²) >= 11 is 0. The van der Waals surface area contributed by atoms with E-state index >= 15 is 0 Å². The lowest BCUT2D eigenvalue weighted by atomic mass is 10.1. The van der Waals surface area contributed by atoms with E-state index in [9.17, 15) is 9.59 Å². The van der Waals surface area contributed by atoms with E-state index in [4.69, 9.17) is 0 Å². The first-order valence-electron chi connectivity index (χ1n) is 8.93. The lowest BCUT2D eigenvalue weighted by Gasteiger charge is -2.07. The van der Waals surface area contributed by atoms with Crippen LogP contribution in [0.5, 0.6) is 0 Å². The number of hydrogen-bond acceptors (Lipinski definition) is 6. The van der Waals surface area contributed by atoms with Crippen LogP contribution in [0.3, 0.4) is 0 Å². The van der Waals surface area contributed by atoms with E-state index in [0.29, 0.717) is 22.9 Å². The molecule has 0 saturated carbocycles. The average Bonchev–Trinajstić information content (AvgIpc) is 3.15. The first kappa shape index (κ1) is 19.7. The number of aromatic nitrogens is 4. The minimum absolute atomic E-state index is 0.134. The standard InChI is InChI=1S/C20H21N7O2/c1-3-5-19(28)26-15-7-4-6-14(8-15)17-9-18(23-13-22-17)25-16-10-24-27(11-16)12-20(29)21-2/h3-11,13H,12H2,1-2H3,(H,21,29)(H,26,28)(H,22,23,25)/b5-3+. The molecule has 9 heteroatoms. The van der Waals surface area contributed by atoms with Crippen molar-refractivity contribution < 1.29 is 9.59 Å². The van der Waals surface area contributed by atoms with Gasteiger partial charge in [-0.15, -0.1) is 0 Å². The number of allylic oxidation sites excluding steroid dienone is 1. The first-order chi connectivity index (χ1) is 14.1. The number of amides is 2. The van der Waals surface area contributed by atoms with Gasteiger partial charge in [0, 0.05) is 30.6 Å².